The minimum Gasteiger partial charge on any atom is -0.343 e. The number of nitrogens with one attached hydrogen (secondary N) is 1. The second-order valence-electron chi connectivity index (χ2n) is 5.15. The zero-order valence-corrected chi connectivity index (χ0v) is 14.4. The van der Waals surface area contributed by atoms with Crippen LogP contribution in [0.3, 0.4) is 0 Å². The highest BCUT2D eigenvalue weighted by molar-refractivity contribution is 7.13. The van der Waals surface area contributed by atoms with Gasteiger partial charge in [-0.05, 0) is 38.1 Å². The Bertz CT molecular complexity index is 675. The highest BCUT2D eigenvalue weighted by atomic mass is 32.1. The van der Waals surface area contributed by atoms with Gasteiger partial charge in [-0.25, -0.2) is 4.98 Å². The molecule has 0 radical (unpaired) electrons. The zero-order chi connectivity index (χ0) is 16.8. The van der Waals surface area contributed by atoms with E-state index in [9.17, 15) is 9.59 Å². The standard InChI is InChI=1S/C17H21N3O2S/c1-4-20(5-2)16(22)10-15-11-23-17(19-15)13-6-8-14(9-7-13)18-12(3)21/h6-9,11H,4-5,10H2,1-3H3,(H,18,21). The molecule has 0 unspecified atom stereocenters. The molecular weight excluding hydrogens is 310 g/mol. The van der Waals surface area contributed by atoms with Crippen LogP contribution in [0.25, 0.3) is 10.6 Å². The van der Waals surface area contributed by atoms with Gasteiger partial charge in [-0.2, -0.15) is 0 Å². The van der Waals surface area contributed by atoms with Crippen molar-refractivity contribution in [2.45, 2.75) is 27.2 Å². The van der Waals surface area contributed by atoms with Gasteiger partial charge < -0.3 is 10.2 Å². The molecule has 0 saturated heterocycles. The fourth-order valence-corrected chi connectivity index (χ4v) is 3.09. The normalized spacial score (nSPS) is 10.4. The average Bonchev–Trinajstić information content (AvgIpc) is 2.97. The molecule has 2 amide bonds. The molecule has 0 aliphatic heterocycles. The Balaban J connectivity index is 2.07. The monoisotopic (exact) mass is 331 g/mol. The first-order chi connectivity index (χ1) is 11.0. The first-order valence-electron chi connectivity index (χ1n) is 7.63. The van der Waals surface area contributed by atoms with Gasteiger partial charge in [0.2, 0.25) is 11.8 Å². The predicted molar refractivity (Wildman–Crippen MR) is 93.5 cm³/mol. The van der Waals surface area contributed by atoms with E-state index in [1.165, 1.54) is 18.3 Å². The van der Waals surface area contributed by atoms with Crippen molar-refractivity contribution in [3.8, 4) is 10.6 Å². The van der Waals surface area contributed by atoms with E-state index in [-0.39, 0.29) is 11.8 Å². The van der Waals surface area contributed by atoms with Crippen LogP contribution in [0.5, 0.6) is 0 Å². The molecule has 6 heteroatoms. The highest BCUT2D eigenvalue weighted by Crippen LogP contribution is 2.25. The van der Waals surface area contributed by atoms with Crippen molar-refractivity contribution >= 4 is 28.8 Å². The number of amides is 2. The summed E-state index contributed by atoms with van der Waals surface area (Å²) in [5, 5.41) is 5.54. The number of benzene rings is 1. The second kappa shape index (κ2) is 7.87. The molecule has 0 atom stereocenters. The lowest BCUT2D eigenvalue weighted by Gasteiger charge is -2.17. The summed E-state index contributed by atoms with van der Waals surface area (Å²) in [6.07, 6.45) is 0.335. The Kier molecular flexibility index (Phi) is 5.87. The van der Waals surface area contributed by atoms with E-state index in [1.54, 1.807) is 4.90 Å². The van der Waals surface area contributed by atoms with Gasteiger partial charge >= 0.3 is 0 Å². The molecular formula is C17H21N3O2S. The van der Waals surface area contributed by atoms with Crippen molar-refractivity contribution < 1.29 is 9.59 Å². The number of rotatable bonds is 6. The van der Waals surface area contributed by atoms with Gasteiger partial charge in [-0.3, -0.25) is 9.59 Å². The van der Waals surface area contributed by atoms with Gasteiger partial charge in [0.1, 0.15) is 5.01 Å². The number of anilines is 1. The zero-order valence-electron chi connectivity index (χ0n) is 13.6. The van der Waals surface area contributed by atoms with Gasteiger partial charge in [0.15, 0.2) is 0 Å². The van der Waals surface area contributed by atoms with E-state index in [1.807, 2.05) is 43.5 Å². The molecule has 0 spiro atoms. The van der Waals surface area contributed by atoms with Crippen LogP contribution in [0.4, 0.5) is 5.69 Å². The van der Waals surface area contributed by atoms with E-state index in [0.29, 0.717) is 6.42 Å². The van der Waals surface area contributed by atoms with Crippen LogP contribution >= 0.6 is 11.3 Å². The van der Waals surface area contributed by atoms with Crippen molar-refractivity contribution in [3.63, 3.8) is 0 Å². The summed E-state index contributed by atoms with van der Waals surface area (Å²) >= 11 is 1.52. The molecule has 122 valence electrons. The summed E-state index contributed by atoms with van der Waals surface area (Å²) < 4.78 is 0. The number of aromatic nitrogens is 1. The predicted octanol–water partition coefficient (Wildman–Crippen LogP) is 3.18. The number of carbonyl (C=O) groups excluding carboxylic acids is 2. The van der Waals surface area contributed by atoms with Crippen molar-refractivity contribution in [3.05, 3.63) is 35.3 Å². The lowest BCUT2D eigenvalue weighted by Crippen LogP contribution is -2.31. The highest BCUT2D eigenvalue weighted by Gasteiger charge is 2.13. The van der Waals surface area contributed by atoms with Crippen molar-refractivity contribution in [2.75, 3.05) is 18.4 Å². The number of likely N-dealkylation sites (N-methyl/N-ethyl adjacent to an activating group) is 1. The summed E-state index contributed by atoms with van der Waals surface area (Å²) in [6.45, 7) is 6.87. The largest absolute Gasteiger partial charge is 0.343 e. The van der Waals surface area contributed by atoms with Gasteiger partial charge in [0.25, 0.3) is 0 Å². The molecule has 1 aromatic heterocycles. The molecule has 23 heavy (non-hydrogen) atoms. The number of hydrogen-bond donors (Lipinski definition) is 1. The summed E-state index contributed by atoms with van der Waals surface area (Å²) in [5.74, 6) is 0.0112. The van der Waals surface area contributed by atoms with Gasteiger partial charge in [-0.1, -0.05) is 0 Å². The summed E-state index contributed by atoms with van der Waals surface area (Å²) in [6, 6.07) is 7.53. The maximum absolute atomic E-state index is 12.1. The third kappa shape index (κ3) is 4.63. The molecule has 1 N–H and O–H groups in total. The Hall–Kier alpha value is -2.21. The van der Waals surface area contributed by atoms with Crippen molar-refractivity contribution in [2.24, 2.45) is 0 Å². The molecule has 0 aliphatic rings. The smallest absolute Gasteiger partial charge is 0.228 e. The van der Waals surface area contributed by atoms with E-state index in [4.69, 9.17) is 0 Å². The second-order valence-corrected chi connectivity index (χ2v) is 6.00. The number of thiazole rings is 1. The molecule has 0 aliphatic carbocycles. The fourth-order valence-electron chi connectivity index (χ4n) is 2.26. The van der Waals surface area contributed by atoms with Crippen LogP contribution in [0.15, 0.2) is 29.6 Å². The quantitative estimate of drug-likeness (QED) is 0.884. The topological polar surface area (TPSA) is 62.3 Å². The molecule has 1 aromatic carbocycles. The third-order valence-electron chi connectivity index (χ3n) is 3.45. The first kappa shape index (κ1) is 17.1. The lowest BCUT2D eigenvalue weighted by atomic mass is 10.2. The summed E-state index contributed by atoms with van der Waals surface area (Å²) in [7, 11) is 0. The Morgan fingerprint density at radius 2 is 1.83 bits per heavy atom. The van der Waals surface area contributed by atoms with Gasteiger partial charge in [0, 0.05) is 36.6 Å². The van der Waals surface area contributed by atoms with Crippen molar-refractivity contribution in [1.82, 2.24) is 9.88 Å². The van der Waals surface area contributed by atoms with Crippen LogP contribution in [-0.2, 0) is 16.0 Å². The number of carbonyl (C=O) groups is 2. The average molecular weight is 331 g/mol. The molecule has 5 nitrogen and oxygen atoms in total. The number of nitrogens with zero attached hydrogens (tertiary/aromatic N) is 2. The first-order valence-corrected chi connectivity index (χ1v) is 8.51. The van der Waals surface area contributed by atoms with Crippen LogP contribution < -0.4 is 5.32 Å². The third-order valence-corrected chi connectivity index (χ3v) is 4.39. The SMILES string of the molecule is CCN(CC)C(=O)Cc1csc(-c2ccc(NC(C)=O)cc2)n1. The van der Waals surface area contributed by atoms with Gasteiger partial charge in [-0.15, -0.1) is 11.3 Å². The molecule has 2 aromatic rings. The van der Waals surface area contributed by atoms with Crippen LogP contribution in [0.1, 0.15) is 26.5 Å². The Labute approximate surface area is 140 Å². The Morgan fingerprint density at radius 3 is 2.39 bits per heavy atom. The van der Waals surface area contributed by atoms with E-state index < -0.39 is 0 Å². The maximum Gasteiger partial charge on any atom is 0.228 e. The molecule has 2 rings (SSSR count). The lowest BCUT2D eigenvalue weighted by molar-refractivity contribution is -0.130. The molecule has 1 heterocycles. The molecule has 0 saturated carbocycles. The summed E-state index contributed by atoms with van der Waals surface area (Å²) in [4.78, 5) is 29.5. The van der Waals surface area contributed by atoms with E-state index in [2.05, 4.69) is 10.3 Å². The minimum absolute atomic E-state index is 0.0933. The Morgan fingerprint density at radius 1 is 1.17 bits per heavy atom. The molecule has 0 fully saturated rings. The summed E-state index contributed by atoms with van der Waals surface area (Å²) in [5.41, 5.74) is 2.54. The van der Waals surface area contributed by atoms with E-state index in [0.717, 1.165) is 35.0 Å². The van der Waals surface area contributed by atoms with Crippen LogP contribution in [-0.4, -0.2) is 34.8 Å². The molecule has 0 bridgehead atoms. The van der Waals surface area contributed by atoms with Crippen LogP contribution in [0.2, 0.25) is 0 Å². The fraction of sp³-hybridized carbons (Fsp3) is 0.353. The van der Waals surface area contributed by atoms with Crippen LogP contribution in [0, 0.1) is 0 Å². The van der Waals surface area contributed by atoms with Crippen molar-refractivity contribution in [1.29, 1.82) is 0 Å². The van der Waals surface area contributed by atoms with Gasteiger partial charge in [0.05, 0.1) is 12.1 Å². The minimum atomic E-state index is -0.0933. The number of hydrogen-bond acceptors (Lipinski definition) is 4. The van der Waals surface area contributed by atoms with E-state index >= 15 is 0 Å². The maximum atomic E-state index is 12.1.